The van der Waals surface area contributed by atoms with E-state index in [1.807, 2.05) is 26.2 Å². The van der Waals surface area contributed by atoms with Crippen molar-refractivity contribution >= 4 is 23.0 Å². The Balaban J connectivity index is 1.74. The van der Waals surface area contributed by atoms with Crippen LogP contribution in [0.3, 0.4) is 0 Å². The zero-order chi connectivity index (χ0) is 18.2. The molecule has 0 radical (unpaired) electrons. The van der Waals surface area contributed by atoms with Crippen LogP contribution in [0.25, 0.3) is 0 Å². The lowest BCUT2D eigenvalue weighted by Gasteiger charge is -2.29. The van der Waals surface area contributed by atoms with Gasteiger partial charge in [-0.2, -0.15) is 0 Å². The Labute approximate surface area is 149 Å². The van der Waals surface area contributed by atoms with Gasteiger partial charge in [-0.05, 0) is 24.8 Å². The van der Waals surface area contributed by atoms with E-state index in [1.165, 1.54) is 6.07 Å². The van der Waals surface area contributed by atoms with E-state index in [0.717, 1.165) is 10.7 Å². The van der Waals surface area contributed by atoms with Crippen molar-refractivity contribution in [2.45, 2.75) is 40.0 Å². The molecule has 0 atom stereocenters. The molecular weight excluding hydrogens is 338 g/mol. The van der Waals surface area contributed by atoms with Crippen LogP contribution < -0.4 is 10.9 Å². The fourth-order valence-electron chi connectivity index (χ4n) is 3.09. The number of carbonyl (C=O) groups excluding carboxylic acids is 2. The van der Waals surface area contributed by atoms with Crippen LogP contribution in [0.5, 0.6) is 0 Å². The molecule has 0 aromatic carbocycles. The lowest BCUT2D eigenvalue weighted by atomic mass is 9.75. The number of fused-ring (bicyclic) bond motifs is 1. The van der Waals surface area contributed by atoms with E-state index in [9.17, 15) is 14.4 Å². The Kier molecular flexibility index (Phi) is 4.60. The van der Waals surface area contributed by atoms with Gasteiger partial charge in [0.2, 0.25) is 0 Å². The second-order valence-corrected chi connectivity index (χ2v) is 8.18. The van der Waals surface area contributed by atoms with E-state index in [1.54, 1.807) is 11.3 Å². The first kappa shape index (κ1) is 17.5. The highest BCUT2D eigenvalue weighted by molar-refractivity contribution is 7.09. The Morgan fingerprint density at radius 1 is 1.36 bits per heavy atom. The summed E-state index contributed by atoms with van der Waals surface area (Å²) in [7, 11) is 0. The summed E-state index contributed by atoms with van der Waals surface area (Å²) in [4.78, 5) is 44.0. The number of aryl methyl sites for hydroxylation is 1. The first-order chi connectivity index (χ1) is 11.7. The second kappa shape index (κ2) is 6.55. The normalized spacial score (nSPS) is 15.7. The van der Waals surface area contributed by atoms with Crippen molar-refractivity contribution in [1.82, 2.24) is 15.3 Å². The topological polar surface area (TPSA) is 91.9 Å². The number of hydrogen-bond acceptors (Lipinski definition) is 5. The molecule has 0 bridgehead atoms. The molecule has 1 aliphatic rings. The van der Waals surface area contributed by atoms with Crippen LogP contribution in [0.1, 0.15) is 57.4 Å². The largest absolute Gasteiger partial charge is 0.351 e. The van der Waals surface area contributed by atoms with E-state index in [-0.39, 0.29) is 16.8 Å². The SMILES string of the molecule is Cc1csc(CCNC(=O)c2cc3c([nH]c2=O)CC(C)(C)CC3=O)n1. The molecule has 0 fully saturated rings. The summed E-state index contributed by atoms with van der Waals surface area (Å²) in [6.45, 7) is 6.30. The number of ketones is 1. The molecule has 2 aromatic heterocycles. The summed E-state index contributed by atoms with van der Waals surface area (Å²) < 4.78 is 0. The Morgan fingerprint density at radius 2 is 2.12 bits per heavy atom. The maximum atomic E-state index is 12.3. The Hall–Kier alpha value is -2.28. The number of aromatic amines is 1. The molecule has 1 aliphatic carbocycles. The standard InChI is InChI=1S/C18H21N3O3S/c1-10-9-25-15(20-10)4-5-19-16(23)12-6-11-13(21-17(12)24)7-18(2,3)8-14(11)22/h6,9H,4-5,7-8H2,1-3H3,(H,19,23)(H,21,24). The summed E-state index contributed by atoms with van der Waals surface area (Å²) in [6.07, 6.45) is 1.64. The Bertz CT molecular complexity index is 895. The number of rotatable bonds is 4. The first-order valence-electron chi connectivity index (χ1n) is 8.24. The third-order valence-corrected chi connectivity index (χ3v) is 5.28. The van der Waals surface area contributed by atoms with Crippen molar-refractivity contribution in [3.05, 3.63) is 49.3 Å². The van der Waals surface area contributed by atoms with E-state index in [4.69, 9.17) is 0 Å². The van der Waals surface area contributed by atoms with Crippen molar-refractivity contribution in [3.63, 3.8) is 0 Å². The number of Topliss-reactive ketones (excluding diaryl/α,β-unsaturated/α-hetero) is 1. The molecule has 0 spiro atoms. The number of carbonyl (C=O) groups is 2. The molecule has 25 heavy (non-hydrogen) atoms. The molecule has 0 saturated heterocycles. The van der Waals surface area contributed by atoms with Crippen molar-refractivity contribution in [1.29, 1.82) is 0 Å². The van der Waals surface area contributed by atoms with Gasteiger partial charge in [-0.3, -0.25) is 14.4 Å². The van der Waals surface area contributed by atoms with Gasteiger partial charge in [-0.25, -0.2) is 4.98 Å². The van der Waals surface area contributed by atoms with Gasteiger partial charge in [0.15, 0.2) is 5.78 Å². The fourth-order valence-corrected chi connectivity index (χ4v) is 3.87. The maximum Gasteiger partial charge on any atom is 0.261 e. The smallest absolute Gasteiger partial charge is 0.261 e. The van der Waals surface area contributed by atoms with E-state index in [0.29, 0.717) is 37.1 Å². The highest BCUT2D eigenvalue weighted by Gasteiger charge is 2.32. The predicted molar refractivity (Wildman–Crippen MR) is 96.4 cm³/mol. The molecule has 2 heterocycles. The van der Waals surface area contributed by atoms with Gasteiger partial charge in [-0.15, -0.1) is 11.3 Å². The van der Waals surface area contributed by atoms with Crippen molar-refractivity contribution < 1.29 is 9.59 Å². The quantitative estimate of drug-likeness (QED) is 0.876. The number of amides is 1. The van der Waals surface area contributed by atoms with Gasteiger partial charge >= 0.3 is 0 Å². The Morgan fingerprint density at radius 3 is 2.80 bits per heavy atom. The number of pyridine rings is 1. The molecule has 132 valence electrons. The van der Waals surface area contributed by atoms with Crippen LogP contribution in [-0.2, 0) is 12.8 Å². The van der Waals surface area contributed by atoms with Gasteiger partial charge in [0.1, 0.15) is 5.56 Å². The molecule has 0 unspecified atom stereocenters. The average molecular weight is 359 g/mol. The van der Waals surface area contributed by atoms with Crippen LogP contribution in [0.2, 0.25) is 0 Å². The highest BCUT2D eigenvalue weighted by Crippen LogP contribution is 2.33. The van der Waals surface area contributed by atoms with Gasteiger partial charge in [0, 0.05) is 41.7 Å². The summed E-state index contributed by atoms with van der Waals surface area (Å²) in [6, 6.07) is 1.44. The van der Waals surface area contributed by atoms with Crippen LogP contribution in [0.4, 0.5) is 0 Å². The minimum absolute atomic E-state index is 0.0119. The summed E-state index contributed by atoms with van der Waals surface area (Å²) in [5.41, 5.74) is 1.40. The number of thiazole rings is 1. The molecule has 2 aromatic rings. The van der Waals surface area contributed by atoms with E-state index >= 15 is 0 Å². The van der Waals surface area contributed by atoms with Gasteiger partial charge in [0.25, 0.3) is 11.5 Å². The van der Waals surface area contributed by atoms with Crippen molar-refractivity contribution in [3.8, 4) is 0 Å². The molecule has 7 heteroatoms. The van der Waals surface area contributed by atoms with Crippen LogP contribution >= 0.6 is 11.3 Å². The van der Waals surface area contributed by atoms with Gasteiger partial charge in [0.05, 0.1) is 5.01 Å². The minimum Gasteiger partial charge on any atom is -0.351 e. The monoisotopic (exact) mass is 359 g/mol. The van der Waals surface area contributed by atoms with Gasteiger partial charge < -0.3 is 10.3 Å². The molecule has 0 aliphatic heterocycles. The molecule has 1 amide bonds. The molecule has 2 N–H and O–H groups in total. The average Bonchev–Trinajstić information content (AvgIpc) is 2.90. The summed E-state index contributed by atoms with van der Waals surface area (Å²) in [5, 5.41) is 5.63. The number of aromatic nitrogens is 2. The second-order valence-electron chi connectivity index (χ2n) is 7.23. The summed E-state index contributed by atoms with van der Waals surface area (Å²) >= 11 is 1.54. The van der Waals surface area contributed by atoms with Gasteiger partial charge in [-0.1, -0.05) is 13.8 Å². The zero-order valence-electron chi connectivity index (χ0n) is 14.6. The van der Waals surface area contributed by atoms with Crippen LogP contribution in [-0.4, -0.2) is 28.2 Å². The summed E-state index contributed by atoms with van der Waals surface area (Å²) in [5.74, 6) is -0.496. The fraction of sp³-hybridized carbons (Fsp3) is 0.444. The number of H-pyrrole nitrogens is 1. The molecular formula is C18H21N3O3S. The maximum absolute atomic E-state index is 12.3. The first-order valence-corrected chi connectivity index (χ1v) is 9.12. The molecule has 0 saturated carbocycles. The number of nitrogens with zero attached hydrogens (tertiary/aromatic N) is 1. The van der Waals surface area contributed by atoms with Crippen molar-refractivity contribution in [2.24, 2.45) is 5.41 Å². The van der Waals surface area contributed by atoms with Crippen molar-refractivity contribution in [2.75, 3.05) is 6.54 Å². The minimum atomic E-state index is -0.463. The molecule has 6 nitrogen and oxygen atoms in total. The predicted octanol–water partition coefficient (Wildman–Crippen LogP) is 2.27. The van der Waals surface area contributed by atoms with E-state index in [2.05, 4.69) is 15.3 Å². The third kappa shape index (κ3) is 3.87. The zero-order valence-corrected chi connectivity index (χ0v) is 15.4. The lowest BCUT2D eigenvalue weighted by molar-refractivity contribution is 0.0910. The lowest BCUT2D eigenvalue weighted by Crippen LogP contribution is -2.35. The third-order valence-electron chi connectivity index (χ3n) is 4.25. The van der Waals surface area contributed by atoms with E-state index < -0.39 is 11.5 Å². The number of nitrogens with one attached hydrogen (secondary N) is 2. The molecule has 3 rings (SSSR count). The number of hydrogen-bond donors (Lipinski definition) is 2. The van der Waals surface area contributed by atoms with Crippen LogP contribution in [0, 0.1) is 12.3 Å². The van der Waals surface area contributed by atoms with Crippen LogP contribution in [0.15, 0.2) is 16.2 Å². The highest BCUT2D eigenvalue weighted by atomic mass is 32.1.